The van der Waals surface area contributed by atoms with E-state index in [1.54, 1.807) is 32.0 Å². The summed E-state index contributed by atoms with van der Waals surface area (Å²) >= 11 is 9.48. The lowest BCUT2D eigenvalue weighted by Crippen LogP contribution is -2.36. The van der Waals surface area contributed by atoms with E-state index in [1.165, 1.54) is 0 Å². The number of carbonyl (C=O) groups is 2. The summed E-state index contributed by atoms with van der Waals surface area (Å²) in [6, 6.07) is 4.93. The van der Waals surface area contributed by atoms with Gasteiger partial charge in [-0.3, -0.25) is 9.59 Å². The summed E-state index contributed by atoms with van der Waals surface area (Å²) in [4.78, 5) is 27.5. The Balaban J connectivity index is 1.90. The number of rotatable bonds is 3. The first-order chi connectivity index (χ1) is 12.4. The van der Waals surface area contributed by atoms with Crippen LogP contribution in [-0.2, 0) is 0 Å². The van der Waals surface area contributed by atoms with Crippen LogP contribution in [0.25, 0.3) is 0 Å². The van der Waals surface area contributed by atoms with E-state index in [0.717, 1.165) is 32.4 Å². The Morgan fingerprint density at radius 2 is 1.85 bits per heavy atom. The maximum absolute atomic E-state index is 12.9. The number of hydrogen-bond acceptors (Lipinski definition) is 3. The molecule has 26 heavy (non-hydrogen) atoms. The Labute approximate surface area is 165 Å². The van der Waals surface area contributed by atoms with Crippen LogP contribution in [0.15, 0.2) is 27.1 Å². The molecule has 5 nitrogen and oxygen atoms in total. The monoisotopic (exact) mass is 438 g/mol. The first-order valence-electron chi connectivity index (χ1n) is 8.54. The van der Waals surface area contributed by atoms with E-state index in [-0.39, 0.29) is 11.8 Å². The fourth-order valence-corrected chi connectivity index (χ4v) is 3.89. The molecule has 3 rings (SSSR count). The van der Waals surface area contributed by atoms with E-state index >= 15 is 0 Å². The third-order valence-electron chi connectivity index (χ3n) is 4.52. The molecule has 1 aromatic carbocycles. The zero-order valence-electron chi connectivity index (χ0n) is 14.7. The minimum absolute atomic E-state index is 0.0872. The molecule has 0 aliphatic carbocycles. The van der Waals surface area contributed by atoms with E-state index in [4.69, 9.17) is 16.0 Å². The molecule has 2 amide bonds. The number of halogens is 2. The van der Waals surface area contributed by atoms with Gasteiger partial charge >= 0.3 is 0 Å². The normalized spacial score (nSPS) is 14.4. The highest BCUT2D eigenvalue weighted by molar-refractivity contribution is 9.10. The van der Waals surface area contributed by atoms with Gasteiger partial charge in [0.2, 0.25) is 0 Å². The van der Waals surface area contributed by atoms with Gasteiger partial charge in [-0.15, -0.1) is 0 Å². The molecule has 2 aromatic rings. The van der Waals surface area contributed by atoms with Crippen LogP contribution in [0, 0.1) is 13.8 Å². The van der Waals surface area contributed by atoms with Crippen LogP contribution >= 0.6 is 27.5 Å². The van der Waals surface area contributed by atoms with Crippen LogP contribution in [0.5, 0.6) is 0 Å². The topological polar surface area (TPSA) is 62.6 Å². The van der Waals surface area contributed by atoms with Gasteiger partial charge < -0.3 is 14.6 Å². The first kappa shape index (κ1) is 19.0. The van der Waals surface area contributed by atoms with Crippen LogP contribution in [0.3, 0.4) is 0 Å². The molecule has 1 N–H and O–H groups in total. The minimum atomic E-state index is -0.346. The van der Waals surface area contributed by atoms with E-state index in [1.807, 2.05) is 4.90 Å². The highest BCUT2D eigenvalue weighted by Gasteiger charge is 2.24. The van der Waals surface area contributed by atoms with E-state index in [0.29, 0.717) is 37.8 Å². The van der Waals surface area contributed by atoms with Crippen molar-refractivity contribution in [3.05, 3.63) is 50.3 Å². The summed E-state index contributed by atoms with van der Waals surface area (Å²) in [6.07, 6.45) is 3.14. The average Bonchev–Trinajstić information content (AvgIpc) is 2.87. The molecule has 2 heterocycles. The maximum atomic E-state index is 12.9. The predicted molar refractivity (Wildman–Crippen MR) is 105 cm³/mol. The molecule has 1 aromatic heterocycles. The summed E-state index contributed by atoms with van der Waals surface area (Å²) in [5.74, 6) is 0.707. The van der Waals surface area contributed by atoms with E-state index < -0.39 is 0 Å². The van der Waals surface area contributed by atoms with E-state index in [9.17, 15) is 9.59 Å². The van der Waals surface area contributed by atoms with Crippen LogP contribution in [0.4, 0.5) is 5.69 Å². The molecular weight excluding hydrogens is 420 g/mol. The molecule has 7 heteroatoms. The number of aryl methyl sites for hydroxylation is 2. The van der Waals surface area contributed by atoms with Crippen molar-refractivity contribution in [1.82, 2.24) is 4.90 Å². The lowest BCUT2D eigenvalue weighted by atomic mass is 10.1. The molecule has 0 spiro atoms. The Hall–Kier alpha value is -1.79. The summed E-state index contributed by atoms with van der Waals surface area (Å²) < 4.78 is 6.10. The number of nitrogens with one attached hydrogen (secondary N) is 1. The zero-order chi connectivity index (χ0) is 18.8. The predicted octanol–water partition coefficient (Wildman–Crippen LogP) is 5.19. The first-order valence-corrected chi connectivity index (χ1v) is 9.71. The minimum Gasteiger partial charge on any atom is -0.465 e. The molecule has 0 radical (unpaired) electrons. The molecule has 0 atom stereocenters. The molecule has 1 aliphatic heterocycles. The van der Waals surface area contributed by atoms with Gasteiger partial charge in [0.15, 0.2) is 0 Å². The smallest absolute Gasteiger partial charge is 0.260 e. The third kappa shape index (κ3) is 3.81. The number of amides is 2. The number of anilines is 1. The third-order valence-corrected chi connectivity index (χ3v) is 5.71. The van der Waals surface area contributed by atoms with Crippen molar-refractivity contribution in [3.8, 4) is 0 Å². The van der Waals surface area contributed by atoms with E-state index in [2.05, 4.69) is 21.2 Å². The standard InChI is InChI=1S/C19H20BrClN2O3/c1-11-16(17(20)12(2)26-11)18(24)22-15-10-13(21)6-7-14(15)19(25)23-8-4-3-5-9-23/h6-7,10H,3-5,8-9H2,1-2H3,(H,22,24). The van der Waals surface area contributed by atoms with Gasteiger partial charge in [0.1, 0.15) is 11.5 Å². The number of hydrogen-bond donors (Lipinski definition) is 1. The Morgan fingerprint density at radius 1 is 1.15 bits per heavy atom. The number of furan rings is 1. The Bertz CT molecular complexity index is 857. The molecule has 0 saturated carbocycles. The second kappa shape index (κ2) is 7.84. The zero-order valence-corrected chi connectivity index (χ0v) is 17.0. The Morgan fingerprint density at radius 3 is 2.46 bits per heavy atom. The summed E-state index contributed by atoms with van der Waals surface area (Å²) in [6.45, 7) is 4.98. The van der Waals surface area contributed by atoms with Crippen molar-refractivity contribution in [1.29, 1.82) is 0 Å². The van der Waals surface area contributed by atoms with Gasteiger partial charge in [-0.25, -0.2) is 0 Å². The number of carbonyl (C=O) groups excluding carboxylic acids is 2. The average molecular weight is 440 g/mol. The summed E-state index contributed by atoms with van der Waals surface area (Å²) in [5, 5.41) is 3.28. The number of piperidine rings is 1. The number of likely N-dealkylation sites (tertiary alicyclic amines) is 1. The summed E-state index contributed by atoms with van der Waals surface area (Å²) in [7, 11) is 0. The van der Waals surface area contributed by atoms with Crippen molar-refractivity contribution >= 4 is 45.0 Å². The maximum Gasteiger partial charge on any atom is 0.260 e. The van der Waals surface area contributed by atoms with Gasteiger partial charge in [-0.1, -0.05) is 11.6 Å². The number of benzene rings is 1. The molecule has 1 saturated heterocycles. The quantitative estimate of drug-likeness (QED) is 0.716. The second-order valence-corrected chi connectivity index (χ2v) is 7.63. The van der Waals surface area contributed by atoms with Crippen molar-refractivity contribution in [2.75, 3.05) is 18.4 Å². The van der Waals surface area contributed by atoms with Gasteiger partial charge in [-0.2, -0.15) is 0 Å². The highest BCUT2D eigenvalue weighted by atomic mass is 79.9. The van der Waals surface area contributed by atoms with Crippen LogP contribution in [-0.4, -0.2) is 29.8 Å². The fraction of sp³-hybridized carbons (Fsp3) is 0.368. The number of nitrogens with zero attached hydrogens (tertiary/aromatic N) is 1. The van der Waals surface area contributed by atoms with Crippen molar-refractivity contribution < 1.29 is 14.0 Å². The molecular formula is C19H20BrClN2O3. The van der Waals surface area contributed by atoms with Gasteiger partial charge in [0.25, 0.3) is 11.8 Å². The molecule has 1 aliphatic rings. The van der Waals surface area contributed by atoms with Crippen LogP contribution < -0.4 is 5.32 Å². The molecule has 138 valence electrons. The van der Waals surface area contributed by atoms with Crippen molar-refractivity contribution in [2.45, 2.75) is 33.1 Å². The lowest BCUT2D eigenvalue weighted by molar-refractivity contribution is 0.0725. The van der Waals surface area contributed by atoms with Crippen LogP contribution in [0.1, 0.15) is 51.5 Å². The summed E-state index contributed by atoms with van der Waals surface area (Å²) in [5.41, 5.74) is 1.26. The van der Waals surface area contributed by atoms with Gasteiger partial charge in [-0.05, 0) is 67.2 Å². The lowest BCUT2D eigenvalue weighted by Gasteiger charge is -2.27. The Kier molecular flexibility index (Phi) is 5.73. The van der Waals surface area contributed by atoms with Crippen molar-refractivity contribution in [2.24, 2.45) is 0 Å². The van der Waals surface area contributed by atoms with Crippen molar-refractivity contribution in [3.63, 3.8) is 0 Å². The molecule has 0 bridgehead atoms. The van der Waals surface area contributed by atoms with Gasteiger partial charge in [0.05, 0.1) is 21.3 Å². The SMILES string of the molecule is Cc1oc(C)c(C(=O)Nc2cc(Cl)ccc2C(=O)N2CCCCC2)c1Br. The van der Waals surface area contributed by atoms with Gasteiger partial charge in [0, 0.05) is 18.1 Å². The highest BCUT2D eigenvalue weighted by Crippen LogP contribution is 2.30. The molecule has 1 fully saturated rings. The van der Waals surface area contributed by atoms with Crippen LogP contribution in [0.2, 0.25) is 5.02 Å². The molecule has 0 unspecified atom stereocenters. The largest absolute Gasteiger partial charge is 0.465 e. The fourth-order valence-electron chi connectivity index (χ4n) is 3.17. The second-order valence-electron chi connectivity index (χ2n) is 6.40.